The summed E-state index contributed by atoms with van der Waals surface area (Å²) in [7, 11) is 0. The Balaban J connectivity index is 0.00000312. The number of aromatic nitrogens is 1. The zero-order valence-corrected chi connectivity index (χ0v) is 18.4. The zero-order valence-electron chi connectivity index (χ0n) is 14.5. The second-order valence-corrected chi connectivity index (χ2v) is 6.80. The monoisotopic (exact) mass is 490 g/mol. The number of nitrogens with zero attached hydrogens (tertiary/aromatic N) is 2. The van der Waals surface area contributed by atoms with E-state index in [1.807, 2.05) is 30.3 Å². The SMILES string of the molecule is CCNC(=NCc1ncccc1C)NCCSc1ccc(Cl)cc1.I. The maximum absolute atomic E-state index is 5.89. The number of halogens is 2. The van der Waals surface area contributed by atoms with Crippen LogP contribution in [0.5, 0.6) is 0 Å². The van der Waals surface area contributed by atoms with Crippen molar-refractivity contribution >= 4 is 53.3 Å². The molecule has 0 saturated carbocycles. The third kappa shape index (κ3) is 8.29. The number of benzene rings is 1. The topological polar surface area (TPSA) is 49.3 Å². The summed E-state index contributed by atoms with van der Waals surface area (Å²) < 4.78 is 0. The van der Waals surface area contributed by atoms with Gasteiger partial charge in [0.15, 0.2) is 5.96 Å². The van der Waals surface area contributed by atoms with Crippen LogP contribution < -0.4 is 10.6 Å². The third-order valence-electron chi connectivity index (χ3n) is 3.33. The summed E-state index contributed by atoms with van der Waals surface area (Å²) >= 11 is 7.68. The first-order valence-corrected chi connectivity index (χ1v) is 9.36. The van der Waals surface area contributed by atoms with Crippen LogP contribution in [0.1, 0.15) is 18.2 Å². The third-order valence-corrected chi connectivity index (χ3v) is 4.59. The van der Waals surface area contributed by atoms with Crippen LogP contribution in [-0.4, -0.2) is 29.8 Å². The van der Waals surface area contributed by atoms with Gasteiger partial charge in [-0.3, -0.25) is 4.98 Å². The maximum atomic E-state index is 5.89. The second-order valence-electron chi connectivity index (χ2n) is 5.19. The number of aliphatic imine (C=N–C) groups is 1. The van der Waals surface area contributed by atoms with Crippen molar-refractivity contribution < 1.29 is 0 Å². The molecule has 0 aliphatic carbocycles. The van der Waals surface area contributed by atoms with Gasteiger partial charge < -0.3 is 10.6 Å². The molecule has 0 fully saturated rings. The number of pyridine rings is 1. The first-order valence-electron chi connectivity index (χ1n) is 8.00. The molecule has 2 aromatic rings. The number of hydrogen-bond donors (Lipinski definition) is 2. The molecule has 0 aliphatic heterocycles. The Bertz CT molecular complexity index is 664. The highest BCUT2D eigenvalue weighted by atomic mass is 127. The number of aryl methyl sites for hydroxylation is 1. The fourth-order valence-corrected chi connectivity index (χ4v) is 2.94. The summed E-state index contributed by atoms with van der Waals surface area (Å²) in [5, 5.41) is 7.39. The molecule has 25 heavy (non-hydrogen) atoms. The van der Waals surface area contributed by atoms with E-state index in [9.17, 15) is 0 Å². The molecule has 136 valence electrons. The lowest BCUT2D eigenvalue weighted by molar-refractivity contribution is 0.835. The summed E-state index contributed by atoms with van der Waals surface area (Å²) in [5.41, 5.74) is 2.17. The Morgan fingerprint density at radius 1 is 1.20 bits per heavy atom. The summed E-state index contributed by atoms with van der Waals surface area (Å²) in [5.74, 6) is 1.77. The van der Waals surface area contributed by atoms with Crippen molar-refractivity contribution in [1.82, 2.24) is 15.6 Å². The smallest absolute Gasteiger partial charge is 0.191 e. The van der Waals surface area contributed by atoms with E-state index >= 15 is 0 Å². The minimum atomic E-state index is 0. The van der Waals surface area contributed by atoms with E-state index in [-0.39, 0.29) is 24.0 Å². The van der Waals surface area contributed by atoms with Crippen LogP contribution in [0.3, 0.4) is 0 Å². The molecule has 2 rings (SSSR count). The molecule has 0 atom stereocenters. The van der Waals surface area contributed by atoms with Gasteiger partial charge in [0.05, 0.1) is 12.2 Å². The van der Waals surface area contributed by atoms with Crippen molar-refractivity contribution in [3.63, 3.8) is 0 Å². The van der Waals surface area contributed by atoms with Gasteiger partial charge in [-0.1, -0.05) is 17.7 Å². The van der Waals surface area contributed by atoms with Gasteiger partial charge in [0.1, 0.15) is 0 Å². The van der Waals surface area contributed by atoms with Gasteiger partial charge in [-0.2, -0.15) is 0 Å². The van der Waals surface area contributed by atoms with E-state index in [1.165, 1.54) is 4.90 Å². The van der Waals surface area contributed by atoms with E-state index in [4.69, 9.17) is 11.6 Å². The molecule has 0 bridgehead atoms. The Morgan fingerprint density at radius 2 is 1.96 bits per heavy atom. The normalized spacial score (nSPS) is 10.9. The fourth-order valence-electron chi connectivity index (χ4n) is 2.05. The Hall–Kier alpha value is -0.990. The van der Waals surface area contributed by atoms with Gasteiger partial charge in [-0.05, 0) is 49.7 Å². The van der Waals surface area contributed by atoms with E-state index in [2.05, 4.69) is 40.5 Å². The van der Waals surface area contributed by atoms with Crippen LogP contribution in [0.4, 0.5) is 0 Å². The van der Waals surface area contributed by atoms with Gasteiger partial charge >= 0.3 is 0 Å². The molecule has 0 radical (unpaired) electrons. The molecule has 2 N–H and O–H groups in total. The molecule has 0 amide bonds. The van der Waals surface area contributed by atoms with Crippen LogP contribution in [-0.2, 0) is 6.54 Å². The Morgan fingerprint density at radius 3 is 2.64 bits per heavy atom. The minimum absolute atomic E-state index is 0. The van der Waals surface area contributed by atoms with Crippen molar-refractivity contribution in [3.05, 3.63) is 58.9 Å². The number of nitrogens with one attached hydrogen (secondary N) is 2. The van der Waals surface area contributed by atoms with Crippen molar-refractivity contribution in [1.29, 1.82) is 0 Å². The van der Waals surface area contributed by atoms with Gasteiger partial charge in [-0.15, -0.1) is 35.7 Å². The number of rotatable bonds is 7. The van der Waals surface area contributed by atoms with Gasteiger partial charge in [0.25, 0.3) is 0 Å². The van der Waals surface area contributed by atoms with Crippen LogP contribution in [0.15, 0.2) is 52.5 Å². The molecule has 0 unspecified atom stereocenters. The van der Waals surface area contributed by atoms with Gasteiger partial charge in [0, 0.05) is 35.0 Å². The molecular weight excluding hydrogens is 467 g/mol. The summed E-state index contributed by atoms with van der Waals surface area (Å²) in [6, 6.07) is 11.9. The van der Waals surface area contributed by atoms with E-state index in [0.29, 0.717) is 6.54 Å². The van der Waals surface area contributed by atoms with Gasteiger partial charge in [0.2, 0.25) is 0 Å². The summed E-state index contributed by atoms with van der Waals surface area (Å²) in [6.07, 6.45) is 1.81. The summed E-state index contributed by atoms with van der Waals surface area (Å²) in [4.78, 5) is 10.2. The average Bonchev–Trinajstić information content (AvgIpc) is 2.59. The lowest BCUT2D eigenvalue weighted by atomic mass is 10.2. The van der Waals surface area contributed by atoms with Crippen LogP contribution in [0.25, 0.3) is 0 Å². The highest BCUT2D eigenvalue weighted by Crippen LogP contribution is 2.19. The van der Waals surface area contributed by atoms with Crippen molar-refractivity contribution in [2.45, 2.75) is 25.3 Å². The molecule has 0 spiro atoms. The Labute approximate surface area is 176 Å². The highest BCUT2D eigenvalue weighted by Gasteiger charge is 2.01. The van der Waals surface area contributed by atoms with E-state index in [1.54, 1.807) is 18.0 Å². The van der Waals surface area contributed by atoms with Crippen LogP contribution in [0.2, 0.25) is 5.02 Å². The number of thioether (sulfide) groups is 1. The molecule has 1 heterocycles. The maximum Gasteiger partial charge on any atom is 0.191 e. The molecule has 1 aromatic heterocycles. The first kappa shape index (κ1) is 22.1. The lowest BCUT2D eigenvalue weighted by Crippen LogP contribution is -2.38. The molecule has 1 aromatic carbocycles. The lowest BCUT2D eigenvalue weighted by Gasteiger charge is -2.11. The number of guanidine groups is 1. The molecule has 0 aliphatic rings. The summed E-state index contributed by atoms with van der Waals surface area (Å²) in [6.45, 7) is 6.36. The molecular formula is C18H24ClIN4S. The molecule has 7 heteroatoms. The molecule has 4 nitrogen and oxygen atoms in total. The van der Waals surface area contributed by atoms with Crippen molar-refractivity contribution in [2.24, 2.45) is 4.99 Å². The van der Waals surface area contributed by atoms with Crippen molar-refractivity contribution in [3.8, 4) is 0 Å². The van der Waals surface area contributed by atoms with Crippen molar-refractivity contribution in [2.75, 3.05) is 18.8 Å². The standard InChI is InChI=1S/C18H23ClN4S.HI/c1-3-20-18(23-13-17-14(2)5-4-10-21-17)22-11-12-24-16-8-6-15(19)7-9-16;/h4-10H,3,11-13H2,1-2H3,(H2,20,22,23);1H. The first-order chi connectivity index (χ1) is 11.7. The second kappa shape index (κ2) is 12.4. The van der Waals surface area contributed by atoms with E-state index < -0.39 is 0 Å². The van der Waals surface area contributed by atoms with Crippen LogP contribution in [0, 0.1) is 6.92 Å². The van der Waals surface area contributed by atoms with E-state index in [0.717, 1.165) is 41.1 Å². The minimum Gasteiger partial charge on any atom is -0.357 e. The Kier molecular flexibility index (Phi) is 10.9. The van der Waals surface area contributed by atoms with Crippen LogP contribution >= 0.6 is 47.3 Å². The van der Waals surface area contributed by atoms with Gasteiger partial charge in [-0.25, -0.2) is 4.99 Å². The quantitative estimate of drug-likeness (QED) is 0.197. The highest BCUT2D eigenvalue weighted by molar-refractivity contribution is 14.0. The number of hydrogen-bond acceptors (Lipinski definition) is 3. The predicted molar refractivity (Wildman–Crippen MR) is 119 cm³/mol. The molecule has 0 saturated heterocycles. The largest absolute Gasteiger partial charge is 0.357 e. The fraction of sp³-hybridized carbons (Fsp3) is 0.333. The predicted octanol–water partition coefficient (Wildman–Crippen LogP) is 4.51. The average molecular weight is 491 g/mol. The zero-order chi connectivity index (χ0) is 17.2.